The van der Waals surface area contributed by atoms with Gasteiger partial charge in [-0.2, -0.15) is 0 Å². The zero-order valence-electron chi connectivity index (χ0n) is 20.3. The van der Waals surface area contributed by atoms with E-state index in [0.29, 0.717) is 49.0 Å². The fourth-order valence-corrected chi connectivity index (χ4v) is 5.39. The molecule has 2 aromatic heterocycles. The van der Waals surface area contributed by atoms with E-state index < -0.39 is 0 Å². The molecule has 0 spiro atoms. The quantitative estimate of drug-likeness (QED) is 0.426. The minimum absolute atomic E-state index is 0.0165. The van der Waals surface area contributed by atoms with Crippen molar-refractivity contribution in [2.75, 3.05) is 19.6 Å². The Labute approximate surface area is 215 Å². The van der Waals surface area contributed by atoms with Crippen molar-refractivity contribution in [2.24, 2.45) is 0 Å². The summed E-state index contributed by atoms with van der Waals surface area (Å²) >= 11 is 7.76. The predicted octanol–water partition coefficient (Wildman–Crippen LogP) is 4.95. The number of rotatable bonds is 8. The van der Waals surface area contributed by atoms with E-state index >= 15 is 0 Å². The van der Waals surface area contributed by atoms with Crippen molar-refractivity contribution in [3.8, 4) is 0 Å². The van der Waals surface area contributed by atoms with Crippen molar-refractivity contribution in [2.45, 2.75) is 52.5 Å². The molecule has 1 aliphatic rings. The minimum atomic E-state index is -0.0821. The van der Waals surface area contributed by atoms with Gasteiger partial charge in [-0.15, -0.1) is 11.3 Å². The van der Waals surface area contributed by atoms with E-state index in [1.807, 2.05) is 59.5 Å². The second-order valence-electron chi connectivity index (χ2n) is 8.93. The molecule has 2 amide bonds. The number of carbonyl (C=O) groups excluding carboxylic acids is 2. The summed E-state index contributed by atoms with van der Waals surface area (Å²) < 4.78 is 7.82. The number of ether oxygens (including phenoxy) is 1. The zero-order valence-corrected chi connectivity index (χ0v) is 21.9. The Balaban J connectivity index is 1.46. The SMILES string of the molecule is CCCN(Cc1cccn1Cc1nc(C(=O)N2CC(C)OC(C)C2)cs1)C(=O)c1ccccc1Cl. The van der Waals surface area contributed by atoms with Crippen LogP contribution in [0.3, 0.4) is 0 Å². The van der Waals surface area contributed by atoms with E-state index in [-0.39, 0.29) is 24.0 Å². The summed E-state index contributed by atoms with van der Waals surface area (Å²) in [6.07, 6.45) is 2.85. The molecule has 2 unspecified atom stereocenters. The summed E-state index contributed by atoms with van der Waals surface area (Å²) in [5.74, 6) is -0.136. The van der Waals surface area contributed by atoms with Gasteiger partial charge < -0.3 is 19.1 Å². The van der Waals surface area contributed by atoms with Gasteiger partial charge in [0.25, 0.3) is 11.8 Å². The van der Waals surface area contributed by atoms with Gasteiger partial charge >= 0.3 is 0 Å². The smallest absolute Gasteiger partial charge is 0.273 e. The maximum atomic E-state index is 13.2. The number of hydrogen-bond donors (Lipinski definition) is 0. The lowest BCUT2D eigenvalue weighted by Crippen LogP contribution is -2.48. The average molecular weight is 515 g/mol. The van der Waals surface area contributed by atoms with Crippen LogP contribution in [0.4, 0.5) is 0 Å². The largest absolute Gasteiger partial charge is 0.372 e. The second kappa shape index (κ2) is 11.4. The van der Waals surface area contributed by atoms with Crippen molar-refractivity contribution in [3.63, 3.8) is 0 Å². The Kier molecular flexibility index (Phi) is 8.26. The molecule has 0 bridgehead atoms. The van der Waals surface area contributed by atoms with Crippen LogP contribution < -0.4 is 0 Å². The maximum absolute atomic E-state index is 13.2. The number of morpholine rings is 1. The summed E-state index contributed by atoms with van der Waals surface area (Å²) in [6.45, 7) is 8.79. The first-order chi connectivity index (χ1) is 16.9. The molecule has 2 atom stereocenters. The normalized spacial score (nSPS) is 18.0. The first kappa shape index (κ1) is 25.4. The molecule has 0 radical (unpaired) electrons. The number of hydrogen-bond acceptors (Lipinski definition) is 5. The molecule has 7 nitrogen and oxygen atoms in total. The standard InChI is InChI=1S/C26H31ClN4O3S/c1-4-11-30(25(32)21-9-5-6-10-22(21)27)15-20-8-7-12-29(20)16-24-28-23(17-35-24)26(33)31-13-18(2)34-19(3)14-31/h5-10,12,17-19H,4,11,13-16H2,1-3H3. The number of benzene rings is 1. The molecule has 9 heteroatoms. The number of halogens is 1. The van der Waals surface area contributed by atoms with Gasteiger partial charge in [0.05, 0.1) is 35.9 Å². The highest BCUT2D eigenvalue weighted by Crippen LogP contribution is 2.21. The van der Waals surface area contributed by atoms with E-state index in [0.717, 1.165) is 17.1 Å². The van der Waals surface area contributed by atoms with E-state index in [1.54, 1.807) is 12.1 Å². The molecule has 1 fully saturated rings. The van der Waals surface area contributed by atoms with Gasteiger partial charge in [0.15, 0.2) is 0 Å². The van der Waals surface area contributed by atoms with Crippen molar-refractivity contribution in [3.05, 3.63) is 75.0 Å². The Bertz CT molecular complexity index is 1170. The lowest BCUT2D eigenvalue weighted by molar-refractivity contribution is -0.0587. The van der Waals surface area contributed by atoms with E-state index in [4.69, 9.17) is 16.3 Å². The number of aromatic nitrogens is 2. The summed E-state index contributed by atoms with van der Waals surface area (Å²) in [6, 6.07) is 11.1. The van der Waals surface area contributed by atoms with Gasteiger partial charge in [0, 0.05) is 36.9 Å². The third-order valence-electron chi connectivity index (χ3n) is 5.94. The number of amides is 2. The highest BCUT2D eigenvalue weighted by molar-refractivity contribution is 7.09. The Morgan fingerprint density at radius 2 is 1.91 bits per heavy atom. The molecule has 35 heavy (non-hydrogen) atoms. The van der Waals surface area contributed by atoms with E-state index in [1.165, 1.54) is 11.3 Å². The molecule has 0 aliphatic carbocycles. The molecule has 0 N–H and O–H groups in total. The summed E-state index contributed by atoms with van der Waals surface area (Å²) in [4.78, 5) is 34.5. The Hall–Kier alpha value is -2.68. The third-order valence-corrected chi connectivity index (χ3v) is 7.11. The van der Waals surface area contributed by atoms with Gasteiger partial charge in [-0.3, -0.25) is 9.59 Å². The molecule has 1 aromatic carbocycles. The van der Waals surface area contributed by atoms with E-state index in [2.05, 4.69) is 16.5 Å². The molecule has 186 valence electrons. The molecular weight excluding hydrogens is 484 g/mol. The topological polar surface area (TPSA) is 67.7 Å². The summed E-state index contributed by atoms with van der Waals surface area (Å²) in [7, 11) is 0. The minimum Gasteiger partial charge on any atom is -0.372 e. The van der Waals surface area contributed by atoms with Crippen LogP contribution in [-0.4, -0.2) is 63.0 Å². The predicted molar refractivity (Wildman–Crippen MR) is 138 cm³/mol. The maximum Gasteiger partial charge on any atom is 0.273 e. The second-order valence-corrected chi connectivity index (χ2v) is 10.3. The molecular formula is C26H31ClN4O3S. The lowest BCUT2D eigenvalue weighted by atomic mass is 10.2. The van der Waals surface area contributed by atoms with Crippen molar-refractivity contribution in [1.29, 1.82) is 0 Å². The van der Waals surface area contributed by atoms with Gasteiger partial charge in [0.1, 0.15) is 10.7 Å². The van der Waals surface area contributed by atoms with Crippen LogP contribution in [-0.2, 0) is 17.8 Å². The van der Waals surface area contributed by atoms with Crippen LogP contribution in [0.2, 0.25) is 5.02 Å². The van der Waals surface area contributed by atoms with Gasteiger partial charge in [-0.25, -0.2) is 4.98 Å². The monoisotopic (exact) mass is 514 g/mol. The first-order valence-corrected chi connectivity index (χ1v) is 13.2. The fraction of sp³-hybridized carbons (Fsp3) is 0.423. The van der Waals surface area contributed by atoms with Crippen LogP contribution in [0, 0.1) is 0 Å². The lowest BCUT2D eigenvalue weighted by Gasteiger charge is -2.34. The van der Waals surface area contributed by atoms with Gasteiger partial charge in [-0.1, -0.05) is 30.7 Å². The van der Waals surface area contributed by atoms with Crippen LogP contribution in [0.1, 0.15) is 58.7 Å². The van der Waals surface area contributed by atoms with Crippen LogP contribution >= 0.6 is 22.9 Å². The molecule has 4 rings (SSSR count). The summed E-state index contributed by atoms with van der Waals surface area (Å²) in [5, 5.41) is 3.13. The number of thiazole rings is 1. The number of nitrogens with zero attached hydrogens (tertiary/aromatic N) is 4. The molecule has 3 heterocycles. The van der Waals surface area contributed by atoms with Gasteiger partial charge in [-0.05, 0) is 44.5 Å². The Morgan fingerprint density at radius 3 is 2.63 bits per heavy atom. The van der Waals surface area contributed by atoms with Crippen LogP contribution in [0.15, 0.2) is 48.0 Å². The van der Waals surface area contributed by atoms with Gasteiger partial charge in [0.2, 0.25) is 0 Å². The van der Waals surface area contributed by atoms with Crippen molar-refractivity contribution in [1.82, 2.24) is 19.4 Å². The Morgan fingerprint density at radius 1 is 1.17 bits per heavy atom. The van der Waals surface area contributed by atoms with E-state index in [9.17, 15) is 9.59 Å². The fourth-order valence-electron chi connectivity index (χ4n) is 4.40. The highest BCUT2D eigenvalue weighted by Gasteiger charge is 2.28. The van der Waals surface area contributed by atoms with Crippen molar-refractivity contribution >= 4 is 34.8 Å². The average Bonchev–Trinajstić information content (AvgIpc) is 3.47. The molecule has 0 saturated carbocycles. The number of carbonyl (C=O) groups is 2. The zero-order chi connectivity index (χ0) is 24.9. The van der Waals surface area contributed by atoms with Crippen LogP contribution in [0.5, 0.6) is 0 Å². The first-order valence-electron chi connectivity index (χ1n) is 11.9. The molecule has 1 aliphatic heterocycles. The third kappa shape index (κ3) is 6.12. The highest BCUT2D eigenvalue weighted by atomic mass is 35.5. The van der Waals surface area contributed by atoms with Crippen molar-refractivity contribution < 1.29 is 14.3 Å². The molecule has 3 aromatic rings. The summed E-state index contributed by atoms with van der Waals surface area (Å²) in [5.41, 5.74) is 1.98. The molecule has 1 saturated heterocycles. The van der Waals surface area contributed by atoms with Crippen LogP contribution in [0.25, 0.3) is 0 Å².